The molecule has 0 aromatic heterocycles. The van der Waals surface area contributed by atoms with Gasteiger partial charge in [-0.05, 0) is 28.3 Å². The van der Waals surface area contributed by atoms with Gasteiger partial charge in [-0.25, -0.2) is 4.39 Å². The zero-order valence-corrected chi connectivity index (χ0v) is 9.50. The molecule has 3 aromatic rings. The van der Waals surface area contributed by atoms with E-state index in [-0.39, 0.29) is 10.8 Å². The number of fused-ring (bicyclic) bond motifs is 3. The summed E-state index contributed by atoms with van der Waals surface area (Å²) in [5.74, 6) is -0.805. The number of phenols is 1. The van der Waals surface area contributed by atoms with Crippen LogP contribution in [0.15, 0.2) is 42.5 Å². The first-order valence-corrected chi connectivity index (χ1v) is 5.54. The number of aromatic hydroxyl groups is 1. The molecule has 1 N–H and O–H groups in total. The lowest BCUT2D eigenvalue weighted by molar-refractivity contribution is 0.476. The van der Waals surface area contributed by atoms with Crippen molar-refractivity contribution in [3.05, 3.63) is 53.3 Å². The maximum Gasteiger partial charge on any atom is 0.146 e. The Kier molecular flexibility index (Phi) is 2.20. The van der Waals surface area contributed by atoms with Crippen LogP contribution in [0.2, 0.25) is 5.02 Å². The van der Waals surface area contributed by atoms with E-state index in [1.165, 1.54) is 6.07 Å². The van der Waals surface area contributed by atoms with Gasteiger partial charge >= 0.3 is 0 Å². The molecule has 0 aliphatic heterocycles. The summed E-state index contributed by atoms with van der Waals surface area (Å²) in [5, 5.41) is 12.7. The van der Waals surface area contributed by atoms with Crippen LogP contribution in [0, 0.1) is 5.82 Å². The van der Waals surface area contributed by atoms with E-state index >= 15 is 0 Å². The summed E-state index contributed by atoms with van der Waals surface area (Å²) in [6.07, 6.45) is 0. The summed E-state index contributed by atoms with van der Waals surface area (Å²) < 4.78 is 13.5. The third-order valence-corrected chi connectivity index (χ3v) is 3.27. The Hall–Kier alpha value is -1.80. The van der Waals surface area contributed by atoms with Crippen LogP contribution in [-0.4, -0.2) is 5.11 Å². The normalized spacial score (nSPS) is 11.2. The monoisotopic (exact) mass is 246 g/mol. The maximum atomic E-state index is 13.5. The van der Waals surface area contributed by atoms with Crippen molar-refractivity contribution in [2.45, 2.75) is 0 Å². The van der Waals surface area contributed by atoms with Crippen LogP contribution in [0.25, 0.3) is 21.5 Å². The number of hydrogen-bond acceptors (Lipinski definition) is 1. The van der Waals surface area contributed by atoms with Gasteiger partial charge in [0.05, 0.1) is 0 Å². The van der Waals surface area contributed by atoms with E-state index < -0.39 is 5.82 Å². The van der Waals surface area contributed by atoms with Crippen LogP contribution in [0.5, 0.6) is 5.75 Å². The Morgan fingerprint density at radius 2 is 1.71 bits per heavy atom. The van der Waals surface area contributed by atoms with E-state index in [1.807, 2.05) is 30.3 Å². The van der Waals surface area contributed by atoms with Crippen LogP contribution in [-0.2, 0) is 0 Å². The van der Waals surface area contributed by atoms with Crippen molar-refractivity contribution >= 4 is 33.1 Å². The van der Waals surface area contributed by atoms with Crippen LogP contribution >= 0.6 is 11.6 Å². The molecular weight excluding hydrogens is 239 g/mol. The van der Waals surface area contributed by atoms with E-state index in [9.17, 15) is 9.50 Å². The molecule has 0 spiro atoms. The van der Waals surface area contributed by atoms with Crippen molar-refractivity contribution in [1.82, 2.24) is 0 Å². The lowest BCUT2D eigenvalue weighted by atomic mass is 10.0. The Morgan fingerprint density at radius 1 is 0.941 bits per heavy atom. The molecule has 3 rings (SSSR count). The Bertz CT molecular complexity index is 737. The van der Waals surface area contributed by atoms with Gasteiger partial charge in [0, 0.05) is 5.39 Å². The fraction of sp³-hybridized carbons (Fsp3) is 0. The molecule has 0 unspecified atom stereocenters. The summed E-state index contributed by atoms with van der Waals surface area (Å²) in [7, 11) is 0. The van der Waals surface area contributed by atoms with Crippen LogP contribution in [0.3, 0.4) is 0 Å². The highest BCUT2D eigenvalue weighted by molar-refractivity contribution is 6.33. The van der Waals surface area contributed by atoms with Crippen LogP contribution in [0.4, 0.5) is 4.39 Å². The molecule has 0 aliphatic rings. The molecule has 0 atom stereocenters. The van der Waals surface area contributed by atoms with E-state index in [2.05, 4.69) is 0 Å². The van der Waals surface area contributed by atoms with Gasteiger partial charge in [-0.1, -0.05) is 41.9 Å². The second kappa shape index (κ2) is 3.60. The highest BCUT2D eigenvalue weighted by atomic mass is 35.5. The standard InChI is InChI=1S/C14H8ClFO/c15-13-12(16)7-11-9-4-2-1-3-8(9)5-6-10(11)14(13)17/h1-7,17H. The fourth-order valence-electron chi connectivity index (χ4n) is 2.08. The minimum Gasteiger partial charge on any atom is -0.506 e. The molecular formula is C14H8ClFO. The Labute approximate surface area is 102 Å². The van der Waals surface area contributed by atoms with Crippen molar-refractivity contribution < 1.29 is 9.50 Å². The fourth-order valence-corrected chi connectivity index (χ4v) is 2.24. The van der Waals surface area contributed by atoms with Gasteiger partial charge in [-0.2, -0.15) is 0 Å². The molecule has 3 aromatic carbocycles. The predicted octanol–water partition coefficient (Wildman–Crippen LogP) is 4.49. The van der Waals surface area contributed by atoms with Gasteiger partial charge in [0.25, 0.3) is 0 Å². The van der Waals surface area contributed by atoms with Gasteiger partial charge in [-0.3, -0.25) is 0 Å². The molecule has 1 nitrogen and oxygen atoms in total. The smallest absolute Gasteiger partial charge is 0.146 e. The van der Waals surface area contributed by atoms with Crippen molar-refractivity contribution in [1.29, 1.82) is 0 Å². The first-order valence-electron chi connectivity index (χ1n) is 5.17. The maximum absolute atomic E-state index is 13.5. The van der Waals surface area contributed by atoms with Gasteiger partial charge < -0.3 is 5.11 Å². The lowest BCUT2D eigenvalue weighted by Crippen LogP contribution is -1.83. The summed E-state index contributed by atoms with van der Waals surface area (Å²) in [6, 6.07) is 12.6. The number of hydrogen-bond donors (Lipinski definition) is 1. The van der Waals surface area contributed by atoms with Crippen LogP contribution < -0.4 is 0 Å². The van der Waals surface area contributed by atoms with Gasteiger partial charge in [-0.15, -0.1) is 0 Å². The zero-order valence-electron chi connectivity index (χ0n) is 8.74. The molecule has 0 heterocycles. The second-order valence-electron chi connectivity index (χ2n) is 3.90. The third kappa shape index (κ3) is 1.45. The number of rotatable bonds is 0. The molecule has 0 aliphatic carbocycles. The van der Waals surface area contributed by atoms with Crippen molar-refractivity contribution in [3.63, 3.8) is 0 Å². The molecule has 17 heavy (non-hydrogen) atoms. The Balaban J connectivity index is 2.59. The number of phenolic OH excluding ortho intramolecular Hbond substituents is 1. The largest absolute Gasteiger partial charge is 0.506 e. The minimum absolute atomic E-state index is 0.201. The van der Waals surface area contributed by atoms with Crippen molar-refractivity contribution in [2.75, 3.05) is 0 Å². The lowest BCUT2D eigenvalue weighted by Gasteiger charge is -2.07. The van der Waals surface area contributed by atoms with Crippen LogP contribution in [0.1, 0.15) is 0 Å². The second-order valence-corrected chi connectivity index (χ2v) is 4.28. The molecule has 0 bridgehead atoms. The summed E-state index contributed by atoms with van der Waals surface area (Å²) in [6.45, 7) is 0. The van der Waals surface area contributed by atoms with Gasteiger partial charge in [0.1, 0.15) is 16.6 Å². The minimum atomic E-state index is -0.604. The highest BCUT2D eigenvalue weighted by Crippen LogP contribution is 2.37. The topological polar surface area (TPSA) is 20.2 Å². The molecule has 84 valence electrons. The first-order chi connectivity index (χ1) is 8.18. The molecule has 3 heteroatoms. The summed E-state index contributed by atoms with van der Waals surface area (Å²) >= 11 is 5.68. The predicted molar refractivity (Wildman–Crippen MR) is 68.1 cm³/mol. The number of halogens is 2. The zero-order chi connectivity index (χ0) is 12.0. The Morgan fingerprint density at radius 3 is 2.53 bits per heavy atom. The van der Waals surface area contributed by atoms with E-state index in [0.717, 1.165) is 10.8 Å². The van der Waals surface area contributed by atoms with E-state index in [4.69, 9.17) is 11.6 Å². The van der Waals surface area contributed by atoms with Gasteiger partial charge in [0.15, 0.2) is 0 Å². The molecule has 0 saturated carbocycles. The van der Waals surface area contributed by atoms with Crippen molar-refractivity contribution in [2.24, 2.45) is 0 Å². The van der Waals surface area contributed by atoms with Gasteiger partial charge in [0.2, 0.25) is 0 Å². The van der Waals surface area contributed by atoms with E-state index in [0.29, 0.717) is 10.8 Å². The van der Waals surface area contributed by atoms with E-state index in [1.54, 1.807) is 6.07 Å². The highest BCUT2D eigenvalue weighted by Gasteiger charge is 2.12. The first kappa shape index (κ1) is 10.4. The molecule has 0 radical (unpaired) electrons. The average Bonchev–Trinajstić information content (AvgIpc) is 2.36. The molecule has 0 saturated heterocycles. The SMILES string of the molecule is Oc1c(Cl)c(F)cc2c1ccc1ccccc12. The number of benzene rings is 3. The molecule has 0 amide bonds. The third-order valence-electron chi connectivity index (χ3n) is 2.91. The summed E-state index contributed by atoms with van der Waals surface area (Å²) in [5.41, 5.74) is 0. The quantitative estimate of drug-likeness (QED) is 0.580. The summed E-state index contributed by atoms with van der Waals surface area (Å²) in [4.78, 5) is 0. The average molecular weight is 247 g/mol. The molecule has 0 fully saturated rings. The van der Waals surface area contributed by atoms with Crippen molar-refractivity contribution in [3.8, 4) is 5.75 Å².